The number of benzene rings is 2. The zero-order valence-electron chi connectivity index (χ0n) is 20.1. The fourth-order valence-electron chi connectivity index (χ4n) is 4.94. The summed E-state index contributed by atoms with van der Waals surface area (Å²) in [5, 5.41) is 3.43. The van der Waals surface area contributed by atoms with Crippen LogP contribution in [0.5, 0.6) is 0 Å². The van der Waals surface area contributed by atoms with Gasteiger partial charge in [-0.3, -0.25) is 14.5 Å². The number of piperazine rings is 1. The molecule has 2 aromatic rings. The molecule has 2 aromatic carbocycles. The lowest BCUT2D eigenvalue weighted by atomic mass is 10.1. The Kier molecular flexibility index (Phi) is 7.71. The minimum Gasteiger partial charge on any atom is -0.331 e. The molecule has 180 valence electrons. The van der Waals surface area contributed by atoms with Crippen LogP contribution in [0, 0.1) is 6.92 Å². The minimum atomic E-state index is -0.129. The van der Waals surface area contributed by atoms with Gasteiger partial charge in [-0.25, -0.2) is 0 Å². The van der Waals surface area contributed by atoms with Crippen LogP contribution in [0.2, 0.25) is 5.02 Å². The first-order valence-electron chi connectivity index (χ1n) is 11.8. The van der Waals surface area contributed by atoms with Gasteiger partial charge < -0.3 is 15.1 Å². The van der Waals surface area contributed by atoms with E-state index in [4.69, 9.17) is 11.6 Å². The summed E-state index contributed by atoms with van der Waals surface area (Å²) in [6, 6.07) is 14.5. The van der Waals surface area contributed by atoms with Crippen molar-refractivity contribution in [3.05, 3.63) is 70.3 Å². The summed E-state index contributed by atoms with van der Waals surface area (Å²) in [6.45, 7) is 5.09. The third-order valence-corrected chi connectivity index (χ3v) is 6.73. The molecule has 0 aromatic heterocycles. The second-order valence-corrected chi connectivity index (χ2v) is 10.1. The predicted octanol–water partition coefficient (Wildman–Crippen LogP) is 4.04. The van der Waals surface area contributed by atoms with Crippen LogP contribution in [0.25, 0.3) is 6.08 Å². The number of rotatable bonds is 7. The van der Waals surface area contributed by atoms with Crippen molar-refractivity contribution in [1.29, 1.82) is 0 Å². The van der Waals surface area contributed by atoms with Crippen LogP contribution in [0.15, 0.2) is 48.5 Å². The monoisotopic (exact) mass is 480 g/mol. The van der Waals surface area contributed by atoms with Crippen molar-refractivity contribution >= 4 is 35.2 Å². The highest BCUT2D eigenvalue weighted by Crippen LogP contribution is 2.31. The molecule has 2 bridgehead atoms. The Labute approximate surface area is 207 Å². The van der Waals surface area contributed by atoms with Gasteiger partial charge in [-0.05, 0) is 63.2 Å². The van der Waals surface area contributed by atoms with Crippen molar-refractivity contribution < 1.29 is 9.59 Å². The van der Waals surface area contributed by atoms with E-state index in [0.29, 0.717) is 10.7 Å². The van der Waals surface area contributed by atoms with E-state index in [9.17, 15) is 9.59 Å². The van der Waals surface area contributed by atoms with E-state index in [1.54, 1.807) is 29.2 Å². The molecule has 34 heavy (non-hydrogen) atoms. The van der Waals surface area contributed by atoms with Gasteiger partial charge in [0.2, 0.25) is 11.8 Å². The maximum Gasteiger partial charge on any atom is 0.247 e. The average molecular weight is 481 g/mol. The normalized spacial score (nSPS) is 20.3. The molecule has 0 aliphatic carbocycles. The van der Waals surface area contributed by atoms with Gasteiger partial charge in [0.1, 0.15) is 0 Å². The molecule has 2 aliphatic heterocycles. The molecule has 2 aliphatic rings. The highest BCUT2D eigenvalue weighted by Gasteiger charge is 2.41. The zero-order valence-corrected chi connectivity index (χ0v) is 20.9. The first-order valence-corrected chi connectivity index (χ1v) is 12.2. The van der Waals surface area contributed by atoms with Gasteiger partial charge in [-0.2, -0.15) is 0 Å². The summed E-state index contributed by atoms with van der Waals surface area (Å²) in [4.78, 5) is 31.8. The molecule has 2 amide bonds. The lowest BCUT2D eigenvalue weighted by Gasteiger charge is -2.40. The van der Waals surface area contributed by atoms with Crippen molar-refractivity contribution in [3.63, 3.8) is 0 Å². The maximum atomic E-state index is 13.2. The number of aryl methyl sites for hydroxylation is 1. The number of carbonyl (C=O) groups is 2. The largest absolute Gasteiger partial charge is 0.331 e. The summed E-state index contributed by atoms with van der Waals surface area (Å²) in [5.41, 5.74) is 3.95. The molecule has 2 saturated heterocycles. The van der Waals surface area contributed by atoms with Crippen molar-refractivity contribution in [1.82, 2.24) is 14.7 Å². The van der Waals surface area contributed by atoms with E-state index in [2.05, 4.69) is 46.3 Å². The van der Waals surface area contributed by atoms with Crippen molar-refractivity contribution in [3.8, 4) is 0 Å². The van der Waals surface area contributed by atoms with Crippen LogP contribution < -0.4 is 5.32 Å². The van der Waals surface area contributed by atoms with Gasteiger partial charge >= 0.3 is 0 Å². The van der Waals surface area contributed by atoms with Crippen LogP contribution >= 0.6 is 11.6 Å². The van der Waals surface area contributed by atoms with Gasteiger partial charge in [-0.15, -0.1) is 0 Å². The molecule has 0 saturated carbocycles. The Hall–Kier alpha value is -2.67. The number of hydrogen-bond donors (Lipinski definition) is 1. The zero-order chi connectivity index (χ0) is 24.2. The number of fused-ring (bicyclic) bond motifs is 2. The number of halogens is 1. The number of amides is 2. The molecule has 0 radical (unpaired) electrons. The Bertz CT molecular complexity index is 1050. The lowest BCUT2D eigenvalue weighted by Crippen LogP contribution is -2.55. The Balaban J connectivity index is 1.41. The van der Waals surface area contributed by atoms with Crippen LogP contribution in [0.1, 0.15) is 29.5 Å². The molecule has 7 heteroatoms. The number of likely N-dealkylation sites (tertiary alicyclic amines) is 1. The molecule has 4 rings (SSSR count). The Morgan fingerprint density at radius 2 is 1.76 bits per heavy atom. The van der Waals surface area contributed by atoms with Gasteiger partial charge in [0.15, 0.2) is 0 Å². The topological polar surface area (TPSA) is 55.9 Å². The fraction of sp³-hybridized carbons (Fsp3) is 0.407. The number of nitrogens with one attached hydrogen (secondary N) is 1. The van der Waals surface area contributed by atoms with Gasteiger partial charge in [0.25, 0.3) is 0 Å². The molecular formula is C27H33ClN4O2. The molecule has 1 N–H and O–H groups in total. The van der Waals surface area contributed by atoms with Crippen LogP contribution in [0.3, 0.4) is 0 Å². The summed E-state index contributed by atoms with van der Waals surface area (Å²) >= 11 is 6.15. The lowest BCUT2D eigenvalue weighted by molar-refractivity contribution is -0.131. The van der Waals surface area contributed by atoms with E-state index in [1.807, 2.05) is 20.2 Å². The minimum absolute atomic E-state index is 0.0306. The number of nitrogens with zero attached hydrogens (tertiary/aromatic N) is 3. The second kappa shape index (κ2) is 10.7. The third-order valence-electron chi connectivity index (χ3n) is 6.49. The average Bonchev–Trinajstić information content (AvgIpc) is 3.04. The first kappa shape index (κ1) is 24.5. The molecular weight excluding hydrogens is 448 g/mol. The standard InChI is InChI=1S/C27H33ClN4O2/c1-19-4-6-20(7-5-19)15-31-16-23-11-12-24(17-31)32(23)27(34)13-9-21-8-10-22(28)14-25(21)29-26(33)18-30(2)3/h4-10,13-14,23-24H,11-12,15-18H2,1-3H3,(H,29,33)/b13-9+. The van der Waals surface area contributed by atoms with E-state index < -0.39 is 0 Å². The maximum absolute atomic E-state index is 13.2. The van der Waals surface area contributed by atoms with Crippen LogP contribution in [-0.2, 0) is 16.1 Å². The van der Waals surface area contributed by atoms with Gasteiger partial charge in [-0.1, -0.05) is 47.5 Å². The number of likely N-dealkylation sites (N-methyl/N-ethyl adjacent to an activating group) is 1. The molecule has 0 spiro atoms. The Morgan fingerprint density at radius 1 is 1.09 bits per heavy atom. The van der Waals surface area contributed by atoms with Gasteiger partial charge in [0.05, 0.1) is 6.54 Å². The molecule has 2 fully saturated rings. The molecule has 2 heterocycles. The fourth-order valence-corrected chi connectivity index (χ4v) is 5.11. The van der Waals surface area contributed by atoms with E-state index in [1.165, 1.54) is 11.1 Å². The van der Waals surface area contributed by atoms with E-state index >= 15 is 0 Å². The third kappa shape index (κ3) is 6.06. The SMILES string of the molecule is Cc1ccc(CN2CC3CCC(C2)N3C(=O)/C=C/c2ccc(Cl)cc2NC(=O)CN(C)C)cc1. The first-order chi connectivity index (χ1) is 16.3. The highest BCUT2D eigenvalue weighted by molar-refractivity contribution is 6.31. The smallest absolute Gasteiger partial charge is 0.247 e. The predicted molar refractivity (Wildman–Crippen MR) is 138 cm³/mol. The molecule has 2 atom stereocenters. The molecule has 6 nitrogen and oxygen atoms in total. The van der Waals surface area contributed by atoms with E-state index in [0.717, 1.165) is 38.0 Å². The summed E-state index contributed by atoms with van der Waals surface area (Å²) in [6.07, 6.45) is 5.50. The van der Waals surface area contributed by atoms with Crippen molar-refractivity contribution in [2.24, 2.45) is 0 Å². The van der Waals surface area contributed by atoms with Crippen LogP contribution in [-0.4, -0.2) is 72.3 Å². The van der Waals surface area contributed by atoms with Crippen molar-refractivity contribution in [2.75, 3.05) is 39.0 Å². The summed E-state index contributed by atoms with van der Waals surface area (Å²) in [7, 11) is 3.68. The summed E-state index contributed by atoms with van der Waals surface area (Å²) < 4.78 is 0. The van der Waals surface area contributed by atoms with Crippen molar-refractivity contribution in [2.45, 2.75) is 38.4 Å². The Morgan fingerprint density at radius 3 is 2.41 bits per heavy atom. The van der Waals surface area contributed by atoms with Gasteiger partial charge in [0, 0.05) is 48.5 Å². The number of carbonyl (C=O) groups excluding carboxylic acids is 2. The quantitative estimate of drug-likeness (QED) is 0.608. The number of hydrogen-bond acceptors (Lipinski definition) is 4. The summed E-state index contributed by atoms with van der Waals surface area (Å²) in [5.74, 6) is -0.0982. The molecule has 2 unspecified atom stereocenters. The highest BCUT2D eigenvalue weighted by atomic mass is 35.5. The second-order valence-electron chi connectivity index (χ2n) is 9.66. The van der Waals surface area contributed by atoms with E-state index in [-0.39, 0.29) is 30.4 Å². The number of anilines is 1. The van der Waals surface area contributed by atoms with Crippen LogP contribution in [0.4, 0.5) is 5.69 Å².